The van der Waals surface area contributed by atoms with Gasteiger partial charge in [0.25, 0.3) is 0 Å². The van der Waals surface area contributed by atoms with Crippen molar-refractivity contribution >= 4 is 0 Å². The first-order chi connectivity index (χ1) is 29.4. The predicted molar refractivity (Wildman–Crippen MR) is 253 cm³/mol. The van der Waals surface area contributed by atoms with Gasteiger partial charge in [0.05, 0.1) is 52.9 Å². The Balaban J connectivity index is 2.34. The van der Waals surface area contributed by atoms with E-state index in [1.165, 1.54) is 5.57 Å². The van der Waals surface area contributed by atoms with Gasteiger partial charge in [-0.25, -0.2) is 0 Å². The monoisotopic (exact) mass is 917 g/mol. The van der Waals surface area contributed by atoms with E-state index in [4.69, 9.17) is 9.47 Å². The molecule has 1 fully saturated rings. The van der Waals surface area contributed by atoms with Gasteiger partial charge in [0.1, 0.15) is 24.4 Å². The number of rotatable bonds is 34. The highest BCUT2D eigenvalue weighted by molar-refractivity contribution is 5.05. The molecule has 0 spiro atoms. The van der Waals surface area contributed by atoms with Gasteiger partial charge in [0, 0.05) is 0 Å². The van der Waals surface area contributed by atoms with Crippen molar-refractivity contribution < 1.29 is 65.6 Å². The highest BCUT2D eigenvalue weighted by Crippen LogP contribution is 2.32. The van der Waals surface area contributed by atoms with E-state index in [0.717, 1.165) is 36.8 Å². The van der Waals surface area contributed by atoms with Crippen LogP contribution in [0.25, 0.3) is 0 Å². The molecule has 0 aromatic heterocycles. The van der Waals surface area contributed by atoms with Crippen LogP contribution in [-0.4, -0.2) is 140 Å². The zero-order valence-electron chi connectivity index (χ0n) is 41.7. The number of allylic oxidation sites excluding steroid dienone is 5. The molecule has 0 aliphatic carbocycles. The van der Waals surface area contributed by atoms with E-state index in [0.29, 0.717) is 109 Å². The molecule has 64 heavy (non-hydrogen) atoms. The summed E-state index contributed by atoms with van der Waals surface area (Å²) in [6.07, 6.45) is 11.0. The smallest absolute Gasteiger partial charge is 0.187 e. The number of aliphatic hydroxyl groups excluding tert-OH is 5. The van der Waals surface area contributed by atoms with Crippen molar-refractivity contribution in [2.45, 2.75) is 274 Å². The lowest BCUT2D eigenvalue weighted by Gasteiger charge is -2.39. The summed E-state index contributed by atoms with van der Waals surface area (Å²) >= 11 is 0. The Kier molecular flexibility index (Phi) is 26.8. The Morgan fingerprint density at radius 2 is 0.938 bits per heavy atom. The van der Waals surface area contributed by atoms with Crippen LogP contribution in [0, 0.1) is 0 Å². The molecule has 0 radical (unpaired) electrons. The summed E-state index contributed by atoms with van der Waals surface area (Å²) in [7, 11) is 0. The molecule has 0 saturated carbocycles. The lowest BCUT2D eigenvalue weighted by molar-refractivity contribution is -0.298. The number of aliphatic hydroxyl groups is 11. The van der Waals surface area contributed by atoms with Crippen LogP contribution in [0.5, 0.6) is 0 Å². The fourth-order valence-corrected chi connectivity index (χ4v) is 8.61. The second-order valence-electron chi connectivity index (χ2n) is 21.7. The van der Waals surface area contributed by atoms with Gasteiger partial charge >= 0.3 is 0 Å². The molecule has 1 aliphatic heterocycles. The van der Waals surface area contributed by atoms with E-state index >= 15 is 0 Å². The summed E-state index contributed by atoms with van der Waals surface area (Å²) in [5.74, 6) is 0. The molecular formula is C51H96O13. The average molecular weight is 917 g/mol. The van der Waals surface area contributed by atoms with Crippen LogP contribution in [0.2, 0.25) is 0 Å². The molecule has 1 aliphatic rings. The van der Waals surface area contributed by atoms with Gasteiger partial charge in [0.15, 0.2) is 6.29 Å². The van der Waals surface area contributed by atoms with E-state index < -0.39 is 77.0 Å². The summed E-state index contributed by atoms with van der Waals surface area (Å²) in [4.78, 5) is 0. The second kappa shape index (κ2) is 28.3. The molecule has 1 saturated heterocycles. The molecule has 378 valence electrons. The zero-order chi connectivity index (χ0) is 49.0. The predicted octanol–water partition coefficient (Wildman–Crippen LogP) is 6.72. The van der Waals surface area contributed by atoms with Crippen molar-refractivity contribution in [2.75, 3.05) is 13.2 Å². The standard InChI is InChI=1S/C51H96O13/c1-37(2)18-12-24-46(5,57)25-13-26-47(6,58)27-14-28-48(7,59)29-15-30-49(8,60)31-16-32-50(9,61)33-17-34-51(10,62)41(53)22-21-38(3)19-11-20-39(4)23-35-63-45-44(56)43(55)42(54)40(36-52)64-45/h18-19,23,40-45,52-62H,11-17,20-22,24-36H2,1-10H3/b38-19+,39-23+/t40-,41-,42-,43+,44-,45-,46+,47+,48+,49+,50+,51+/m1/s1. The minimum absolute atomic E-state index is 0.115. The van der Waals surface area contributed by atoms with Crippen molar-refractivity contribution in [3.63, 3.8) is 0 Å². The fraction of sp³-hybridized carbons (Fsp3) is 0.882. The van der Waals surface area contributed by atoms with Gasteiger partial charge in [-0.15, -0.1) is 0 Å². The van der Waals surface area contributed by atoms with Gasteiger partial charge in [0.2, 0.25) is 0 Å². The third kappa shape index (κ3) is 26.3. The Labute approximate surface area is 387 Å². The van der Waals surface area contributed by atoms with Crippen LogP contribution < -0.4 is 0 Å². The normalized spacial score (nSPS) is 26.2. The fourth-order valence-electron chi connectivity index (χ4n) is 8.61. The van der Waals surface area contributed by atoms with E-state index in [1.54, 1.807) is 20.8 Å². The summed E-state index contributed by atoms with van der Waals surface area (Å²) in [6, 6.07) is 0. The van der Waals surface area contributed by atoms with Crippen molar-refractivity contribution in [1.82, 2.24) is 0 Å². The topological polar surface area (TPSA) is 241 Å². The van der Waals surface area contributed by atoms with E-state index in [9.17, 15) is 56.2 Å². The zero-order valence-corrected chi connectivity index (χ0v) is 41.7. The van der Waals surface area contributed by atoms with Crippen LogP contribution in [0.3, 0.4) is 0 Å². The van der Waals surface area contributed by atoms with Crippen molar-refractivity contribution in [1.29, 1.82) is 0 Å². The Morgan fingerprint density at radius 3 is 1.36 bits per heavy atom. The minimum atomic E-state index is -1.49. The highest BCUT2D eigenvalue weighted by atomic mass is 16.7. The van der Waals surface area contributed by atoms with E-state index in [2.05, 4.69) is 26.0 Å². The summed E-state index contributed by atoms with van der Waals surface area (Å²) in [5, 5.41) is 116. The number of ether oxygens (including phenoxy) is 2. The molecule has 12 atom stereocenters. The molecular weight excluding hydrogens is 821 g/mol. The molecule has 11 N–H and O–H groups in total. The highest BCUT2D eigenvalue weighted by Gasteiger charge is 2.44. The molecule has 0 aromatic rings. The van der Waals surface area contributed by atoms with Crippen molar-refractivity contribution in [3.05, 3.63) is 34.9 Å². The third-order valence-corrected chi connectivity index (χ3v) is 13.5. The molecule has 0 unspecified atom stereocenters. The van der Waals surface area contributed by atoms with Crippen molar-refractivity contribution in [3.8, 4) is 0 Å². The Morgan fingerprint density at radius 1 is 0.531 bits per heavy atom. The SMILES string of the molecule is CC(C)=CCC[C@](C)(O)CCC[C@](C)(O)CCC[C@](C)(O)CCC[C@](C)(O)CCC[C@](C)(O)CCC[C@](C)(O)[C@H](O)CC/C(C)=C/CC/C(C)=C/CO[C@@H]1O[C@H](CO)[C@@H](O)[C@H](O)[C@H]1O. The lowest BCUT2D eigenvalue weighted by atomic mass is 9.83. The van der Waals surface area contributed by atoms with E-state index in [1.807, 2.05) is 40.7 Å². The molecule has 0 bridgehead atoms. The average Bonchev–Trinajstić information content (AvgIpc) is 3.15. The number of hydrogen-bond donors (Lipinski definition) is 11. The third-order valence-electron chi connectivity index (χ3n) is 13.5. The largest absolute Gasteiger partial charge is 0.394 e. The first kappa shape index (κ1) is 60.7. The first-order valence-electron chi connectivity index (χ1n) is 24.3. The number of hydrogen-bond acceptors (Lipinski definition) is 13. The Hall–Kier alpha value is -1.30. The van der Waals surface area contributed by atoms with Crippen LogP contribution >= 0.6 is 0 Å². The maximum atomic E-state index is 11.1. The van der Waals surface area contributed by atoms with Gasteiger partial charge in [-0.05, 0) is 204 Å². The van der Waals surface area contributed by atoms with Gasteiger partial charge in [-0.1, -0.05) is 34.9 Å². The second-order valence-corrected chi connectivity index (χ2v) is 21.7. The maximum Gasteiger partial charge on any atom is 0.187 e. The maximum absolute atomic E-state index is 11.1. The van der Waals surface area contributed by atoms with Crippen LogP contribution in [0.1, 0.15) is 204 Å². The summed E-state index contributed by atoms with van der Waals surface area (Å²) in [5.41, 5.74) is -2.38. The summed E-state index contributed by atoms with van der Waals surface area (Å²) < 4.78 is 10.9. The van der Waals surface area contributed by atoms with Crippen molar-refractivity contribution in [2.24, 2.45) is 0 Å². The van der Waals surface area contributed by atoms with Gasteiger partial charge in [-0.3, -0.25) is 0 Å². The molecule has 0 amide bonds. The van der Waals surface area contributed by atoms with Crippen LogP contribution in [-0.2, 0) is 9.47 Å². The van der Waals surface area contributed by atoms with E-state index in [-0.39, 0.29) is 6.61 Å². The lowest BCUT2D eigenvalue weighted by Crippen LogP contribution is -2.59. The van der Waals surface area contributed by atoms with Crippen LogP contribution in [0.4, 0.5) is 0 Å². The summed E-state index contributed by atoms with van der Waals surface area (Å²) in [6.45, 7) is 18.4. The molecule has 1 heterocycles. The molecule has 1 rings (SSSR count). The first-order valence-corrected chi connectivity index (χ1v) is 24.3. The quantitative estimate of drug-likeness (QED) is 0.0301. The minimum Gasteiger partial charge on any atom is -0.394 e. The Bertz CT molecular complexity index is 1380. The molecule has 13 nitrogen and oxygen atoms in total. The molecule has 13 heteroatoms. The van der Waals surface area contributed by atoms with Gasteiger partial charge < -0.3 is 65.6 Å². The molecule has 0 aromatic carbocycles. The van der Waals surface area contributed by atoms with Crippen LogP contribution in [0.15, 0.2) is 34.9 Å². The van der Waals surface area contributed by atoms with Gasteiger partial charge in [-0.2, -0.15) is 0 Å².